The van der Waals surface area contributed by atoms with Crippen LogP contribution in [0.25, 0.3) is 0 Å². The van der Waals surface area contributed by atoms with E-state index in [1.54, 1.807) is 0 Å². The van der Waals surface area contributed by atoms with Gasteiger partial charge in [-0.25, -0.2) is 0 Å². The van der Waals surface area contributed by atoms with E-state index in [9.17, 15) is 18.3 Å². The molecule has 3 fully saturated rings. The zero-order chi connectivity index (χ0) is 16.3. The van der Waals surface area contributed by atoms with Gasteiger partial charge in [0.05, 0.1) is 11.0 Å². The highest BCUT2D eigenvalue weighted by Gasteiger charge is 2.65. The summed E-state index contributed by atoms with van der Waals surface area (Å²) < 4.78 is 39.8. The number of hydrogen-bond donors (Lipinski definition) is 1. The number of fused-ring (bicyclic) bond motifs is 2. The molecular weight excluding hydrogens is 303 g/mol. The quantitative estimate of drug-likeness (QED) is 0.913. The molecule has 3 aliphatic rings. The van der Waals surface area contributed by atoms with Crippen LogP contribution in [0.5, 0.6) is 0 Å². The molecule has 126 valence electrons. The standard InChI is InChI=1S/C18H22F3NO/c19-18(20,21)16(8-9-16)12-22-14-6-7-15(22)11-17(23,10-14)13-4-2-1-3-5-13/h1-5,14-15,23H,6-12H2. The van der Waals surface area contributed by atoms with Crippen LogP contribution in [0.3, 0.4) is 0 Å². The Balaban J connectivity index is 1.53. The highest BCUT2D eigenvalue weighted by Crippen LogP contribution is 2.59. The van der Waals surface area contributed by atoms with E-state index in [-0.39, 0.29) is 31.5 Å². The largest absolute Gasteiger partial charge is 0.395 e. The molecule has 2 atom stereocenters. The first-order valence-corrected chi connectivity index (χ1v) is 8.43. The summed E-state index contributed by atoms with van der Waals surface area (Å²) in [6, 6.07) is 9.71. The Morgan fingerprint density at radius 3 is 2.09 bits per heavy atom. The molecule has 0 radical (unpaired) electrons. The summed E-state index contributed by atoms with van der Waals surface area (Å²) >= 11 is 0. The molecule has 23 heavy (non-hydrogen) atoms. The molecule has 1 aliphatic carbocycles. The molecule has 2 bridgehead atoms. The molecule has 1 aromatic carbocycles. The molecule has 1 N–H and O–H groups in total. The summed E-state index contributed by atoms with van der Waals surface area (Å²) in [7, 11) is 0. The highest BCUT2D eigenvalue weighted by molar-refractivity contribution is 5.25. The number of alkyl halides is 3. The monoisotopic (exact) mass is 325 g/mol. The van der Waals surface area contributed by atoms with Gasteiger partial charge in [-0.05, 0) is 44.1 Å². The Kier molecular flexibility index (Phi) is 3.34. The van der Waals surface area contributed by atoms with Crippen molar-refractivity contribution >= 4 is 0 Å². The van der Waals surface area contributed by atoms with Gasteiger partial charge in [-0.3, -0.25) is 4.90 Å². The average Bonchev–Trinajstić information content (AvgIpc) is 3.24. The number of piperidine rings is 1. The third kappa shape index (κ3) is 2.49. The summed E-state index contributed by atoms with van der Waals surface area (Å²) in [5.74, 6) is 0. The van der Waals surface area contributed by atoms with Crippen LogP contribution in [0.4, 0.5) is 13.2 Å². The molecule has 2 nitrogen and oxygen atoms in total. The number of rotatable bonds is 3. The molecule has 4 rings (SSSR count). The first-order valence-electron chi connectivity index (χ1n) is 8.43. The maximum atomic E-state index is 13.3. The average molecular weight is 325 g/mol. The second-order valence-electron chi connectivity index (χ2n) is 7.64. The summed E-state index contributed by atoms with van der Waals surface area (Å²) in [5.41, 5.74) is -1.47. The van der Waals surface area contributed by atoms with Gasteiger partial charge < -0.3 is 5.11 Å². The van der Waals surface area contributed by atoms with Crippen molar-refractivity contribution in [3.05, 3.63) is 35.9 Å². The van der Waals surface area contributed by atoms with E-state index in [0.29, 0.717) is 12.8 Å². The second-order valence-corrected chi connectivity index (χ2v) is 7.64. The van der Waals surface area contributed by atoms with Gasteiger partial charge in [0.15, 0.2) is 0 Å². The SMILES string of the molecule is OC1(c2ccccc2)CC2CCC(C1)N2CC1(C(F)(F)F)CC1. The maximum absolute atomic E-state index is 13.3. The van der Waals surface area contributed by atoms with Gasteiger partial charge in [-0.15, -0.1) is 0 Å². The summed E-state index contributed by atoms with van der Waals surface area (Å²) in [4.78, 5) is 2.05. The van der Waals surface area contributed by atoms with Crippen molar-refractivity contribution in [2.24, 2.45) is 5.41 Å². The van der Waals surface area contributed by atoms with Gasteiger partial charge in [0, 0.05) is 18.6 Å². The van der Waals surface area contributed by atoms with Crippen LogP contribution in [0.15, 0.2) is 30.3 Å². The van der Waals surface area contributed by atoms with E-state index in [1.165, 1.54) is 0 Å². The molecule has 1 saturated carbocycles. The van der Waals surface area contributed by atoms with Crippen molar-refractivity contribution < 1.29 is 18.3 Å². The molecule has 1 aromatic rings. The van der Waals surface area contributed by atoms with Crippen LogP contribution in [0.1, 0.15) is 44.1 Å². The number of nitrogens with zero attached hydrogens (tertiary/aromatic N) is 1. The van der Waals surface area contributed by atoms with Gasteiger partial charge >= 0.3 is 6.18 Å². The molecule has 0 aromatic heterocycles. The Morgan fingerprint density at radius 2 is 1.61 bits per heavy atom. The molecule has 2 saturated heterocycles. The van der Waals surface area contributed by atoms with E-state index in [4.69, 9.17) is 0 Å². The molecule has 0 spiro atoms. The van der Waals surface area contributed by atoms with Crippen LogP contribution in [-0.4, -0.2) is 34.8 Å². The van der Waals surface area contributed by atoms with E-state index in [1.807, 2.05) is 30.3 Å². The van der Waals surface area contributed by atoms with Gasteiger partial charge in [0.1, 0.15) is 0 Å². The zero-order valence-electron chi connectivity index (χ0n) is 13.0. The van der Waals surface area contributed by atoms with Crippen molar-refractivity contribution in [1.29, 1.82) is 0 Å². The first kappa shape index (κ1) is 15.5. The zero-order valence-corrected chi connectivity index (χ0v) is 13.0. The Morgan fingerprint density at radius 1 is 1.04 bits per heavy atom. The van der Waals surface area contributed by atoms with Crippen molar-refractivity contribution in [2.75, 3.05) is 6.54 Å². The van der Waals surface area contributed by atoms with Crippen molar-refractivity contribution in [2.45, 2.75) is 62.4 Å². The third-order valence-corrected chi connectivity index (χ3v) is 6.17. The second kappa shape index (κ2) is 4.96. The third-order valence-electron chi connectivity index (χ3n) is 6.17. The van der Waals surface area contributed by atoms with Gasteiger partial charge in [-0.1, -0.05) is 30.3 Å². The van der Waals surface area contributed by atoms with Crippen LogP contribution >= 0.6 is 0 Å². The van der Waals surface area contributed by atoms with Crippen molar-refractivity contribution in [3.63, 3.8) is 0 Å². The van der Waals surface area contributed by atoms with E-state index in [2.05, 4.69) is 4.90 Å². The number of halogens is 3. The molecule has 0 amide bonds. The Bertz CT molecular complexity index is 568. The number of aliphatic hydroxyl groups is 1. The van der Waals surface area contributed by atoms with Gasteiger partial charge in [0.25, 0.3) is 0 Å². The fraction of sp³-hybridized carbons (Fsp3) is 0.667. The van der Waals surface area contributed by atoms with E-state index in [0.717, 1.165) is 18.4 Å². The van der Waals surface area contributed by atoms with E-state index >= 15 is 0 Å². The van der Waals surface area contributed by atoms with Crippen LogP contribution < -0.4 is 0 Å². The Labute approximate surface area is 134 Å². The van der Waals surface area contributed by atoms with Gasteiger partial charge in [0.2, 0.25) is 0 Å². The Hall–Kier alpha value is -1.07. The van der Waals surface area contributed by atoms with Crippen molar-refractivity contribution in [3.8, 4) is 0 Å². The number of hydrogen-bond acceptors (Lipinski definition) is 2. The number of benzene rings is 1. The van der Waals surface area contributed by atoms with Gasteiger partial charge in [-0.2, -0.15) is 13.2 Å². The lowest BCUT2D eigenvalue weighted by Crippen LogP contribution is -2.52. The predicted molar refractivity (Wildman–Crippen MR) is 80.8 cm³/mol. The lowest BCUT2D eigenvalue weighted by Gasteiger charge is -2.45. The minimum Gasteiger partial charge on any atom is -0.385 e. The molecule has 2 aliphatic heterocycles. The first-order chi connectivity index (χ1) is 10.8. The smallest absolute Gasteiger partial charge is 0.385 e. The maximum Gasteiger partial charge on any atom is 0.395 e. The lowest BCUT2D eigenvalue weighted by atomic mass is 9.80. The molecule has 2 unspecified atom stereocenters. The lowest BCUT2D eigenvalue weighted by molar-refractivity contribution is -0.197. The summed E-state index contributed by atoms with van der Waals surface area (Å²) in [6.45, 7) is 0.122. The highest BCUT2D eigenvalue weighted by atomic mass is 19.4. The minimum atomic E-state index is -4.10. The molecule has 2 heterocycles. The fourth-order valence-corrected chi connectivity index (χ4v) is 4.59. The molecular formula is C18H22F3NO. The molecule has 5 heteroatoms. The van der Waals surface area contributed by atoms with Crippen LogP contribution in [-0.2, 0) is 5.60 Å². The predicted octanol–water partition coefficient (Wildman–Crippen LogP) is 3.84. The van der Waals surface area contributed by atoms with Crippen LogP contribution in [0.2, 0.25) is 0 Å². The normalized spacial score (nSPS) is 36.2. The van der Waals surface area contributed by atoms with Crippen LogP contribution in [0, 0.1) is 5.41 Å². The summed E-state index contributed by atoms with van der Waals surface area (Å²) in [5, 5.41) is 11.1. The summed E-state index contributed by atoms with van der Waals surface area (Å²) in [6.07, 6.45) is -0.700. The fourth-order valence-electron chi connectivity index (χ4n) is 4.59. The topological polar surface area (TPSA) is 23.5 Å². The van der Waals surface area contributed by atoms with E-state index < -0.39 is 17.2 Å². The minimum absolute atomic E-state index is 0.0683. The van der Waals surface area contributed by atoms with Crippen molar-refractivity contribution in [1.82, 2.24) is 4.90 Å².